The van der Waals surface area contributed by atoms with Crippen molar-refractivity contribution in [1.29, 1.82) is 5.26 Å². The van der Waals surface area contributed by atoms with E-state index in [1.54, 1.807) is 24.3 Å². The normalized spacial score (nSPS) is 11.6. The summed E-state index contributed by atoms with van der Waals surface area (Å²) in [5.74, 6) is -0.259. The molecule has 3 aromatic rings. The van der Waals surface area contributed by atoms with Crippen LogP contribution in [0.5, 0.6) is 5.75 Å². The predicted octanol–water partition coefficient (Wildman–Crippen LogP) is 3.29. The van der Waals surface area contributed by atoms with E-state index in [0.29, 0.717) is 11.3 Å². The molecule has 0 radical (unpaired) electrons. The molecule has 0 spiro atoms. The second-order valence-electron chi connectivity index (χ2n) is 5.75. The van der Waals surface area contributed by atoms with Crippen molar-refractivity contribution in [1.82, 2.24) is 9.97 Å². The summed E-state index contributed by atoms with van der Waals surface area (Å²) in [5, 5.41) is 19.5. The first kappa shape index (κ1) is 18.0. The number of aromatic nitrogens is 2. The quantitative estimate of drug-likeness (QED) is 0.395. The number of aliphatic hydroxyl groups excluding tert-OH is 1. The zero-order chi connectivity index (χ0) is 19.2. The maximum Gasteiger partial charge on any atom is 0.344 e. The lowest BCUT2D eigenvalue weighted by molar-refractivity contribution is -0.145. The molecular formula is C20H17N3O4. The van der Waals surface area contributed by atoms with Crippen molar-refractivity contribution in [3.8, 4) is 11.8 Å². The summed E-state index contributed by atoms with van der Waals surface area (Å²) in [6.07, 6.45) is 0. The number of benzene rings is 2. The number of nitrogens with one attached hydrogen (secondary N) is 1. The monoisotopic (exact) mass is 363 g/mol. The number of aliphatic hydroxyl groups is 1. The number of carbonyl (C=O) groups excluding carboxylic acids is 1. The number of aromatic amines is 1. The number of hydrogen-bond donors (Lipinski definition) is 2. The molecule has 0 bridgehead atoms. The zero-order valence-corrected chi connectivity index (χ0v) is 14.6. The Kier molecular flexibility index (Phi) is 5.38. The van der Waals surface area contributed by atoms with Gasteiger partial charge >= 0.3 is 5.97 Å². The SMILES string of the molecule is Cc1ccccc1OCC(=O)OC/C(O)=C(\C#N)c1nc2ccccc2[nH]1. The van der Waals surface area contributed by atoms with E-state index in [9.17, 15) is 15.2 Å². The van der Waals surface area contributed by atoms with E-state index in [0.717, 1.165) is 11.1 Å². The minimum Gasteiger partial charge on any atom is -0.507 e. The van der Waals surface area contributed by atoms with Crippen molar-refractivity contribution in [3.63, 3.8) is 0 Å². The summed E-state index contributed by atoms with van der Waals surface area (Å²) in [6.45, 7) is 1.11. The number of hydrogen-bond acceptors (Lipinski definition) is 6. The Hall–Kier alpha value is -3.79. The fourth-order valence-electron chi connectivity index (χ4n) is 2.44. The molecule has 0 saturated carbocycles. The fraction of sp³-hybridized carbons (Fsp3) is 0.150. The molecule has 0 aliphatic carbocycles. The smallest absolute Gasteiger partial charge is 0.344 e. The largest absolute Gasteiger partial charge is 0.507 e. The minimum absolute atomic E-state index is 0.0844. The number of nitrogens with zero attached hydrogens (tertiary/aromatic N) is 2. The second kappa shape index (κ2) is 8.06. The number of para-hydroxylation sites is 3. The van der Waals surface area contributed by atoms with Crippen LogP contribution in [0.3, 0.4) is 0 Å². The second-order valence-corrected chi connectivity index (χ2v) is 5.75. The van der Waals surface area contributed by atoms with Gasteiger partial charge < -0.3 is 19.6 Å². The van der Waals surface area contributed by atoms with Gasteiger partial charge in [0.15, 0.2) is 18.2 Å². The van der Waals surface area contributed by atoms with E-state index < -0.39 is 12.6 Å². The third-order valence-corrected chi connectivity index (χ3v) is 3.84. The molecule has 0 aliphatic heterocycles. The van der Waals surface area contributed by atoms with Crippen LogP contribution in [-0.2, 0) is 9.53 Å². The van der Waals surface area contributed by atoms with Gasteiger partial charge in [0, 0.05) is 0 Å². The molecule has 2 aromatic carbocycles. The molecule has 7 heteroatoms. The van der Waals surface area contributed by atoms with Crippen LogP contribution in [0.1, 0.15) is 11.4 Å². The molecule has 27 heavy (non-hydrogen) atoms. The third-order valence-electron chi connectivity index (χ3n) is 3.84. The van der Waals surface area contributed by atoms with Gasteiger partial charge in [-0.05, 0) is 30.7 Å². The van der Waals surface area contributed by atoms with E-state index >= 15 is 0 Å². The maximum absolute atomic E-state index is 11.8. The van der Waals surface area contributed by atoms with E-state index in [1.165, 1.54) is 0 Å². The Balaban J connectivity index is 1.63. The standard InChI is InChI=1S/C20H17N3O4/c1-13-6-2-5-9-18(13)26-12-19(25)27-11-17(24)14(10-21)20-22-15-7-3-4-8-16(15)23-20/h2-9,24H,11-12H2,1H3,(H,22,23)/b17-14-. The highest BCUT2D eigenvalue weighted by Crippen LogP contribution is 2.19. The topological polar surface area (TPSA) is 108 Å². The number of fused-ring (bicyclic) bond motifs is 1. The van der Waals surface area contributed by atoms with Crippen molar-refractivity contribution in [3.05, 3.63) is 65.7 Å². The van der Waals surface area contributed by atoms with Gasteiger partial charge in [-0.1, -0.05) is 30.3 Å². The van der Waals surface area contributed by atoms with Crippen LogP contribution in [0.4, 0.5) is 0 Å². The van der Waals surface area contributed by atoms with Crippen molar-refractivity contribution < 1.29 is 19.4 Å². The summed E-state index contributed by atoms with van der Waals surface area (Å²) in [7, 11) is 0. The molecule has 0 unspecified atom stereocenters. The number of carbonyl (C=O) groups is 1. The first-order valence-electron chi connectivity index (χ1n) is 8.20. The molecule has 0 atom stereocenters. The maximum atomic E-state index is 11.8. The van der Waals surface area contributed by atoms with Crippen LogP contribution in [0.15, 0.2) is 54.3 Å². The molecular weight excluding hydrogens is 346 g/mol. The lowest BCUT2D eigenvalue weighted by Crippen LogP contribution is -2.17. The van der Waals surface area contributed by atoms with Gasteiger partial charge in [0.05, 0.1) is 11.0 Å². The summed E-state index contributed by atoms with van der Waals surface area (Å²) in [6, 6.07) is 16.4. The van der Waals surface area contributed by atoms with Gasteiger partial charge in [0.25, 0.3) is 0 Å². The van der Waals surface area contributed by atoms with Crippen LogP contribution >= 0.6 is 0 Å². The molecule has 7 nitrogen and oxygen atoms in total. The Morgan fingerprint density at radius 1 is 1.19 bits per heavy atom. The summed E-state index contributed by atoms with van der Waals surface area (Å²) in [4.78, 5) is 19.0. The van der Waals surface area contributed by atoms with E-state index in [-0.39, 0.29) is 23.8 Å². The molecule has 0 saturated heterocycles. The highest BCUT2D eigenvalue weighted by atomic mass is 16.6. The third kappa shape index (κ3) is 4.25. The van der Waals surface area contributed by atoms with E-state index in [1.807, 2.05) is 37.3 Å². The van der Waals surface area contributed by atoms with Crippen molar-refractivity contribution in [2.75, 3.05) is 13.2 Å². The lowest BCUT2D eigenvalue weighted by Gasteiger charge is -2.09. The number of ether oxygens (including phenoxy) is 2. The fourth-order valence-corrected chi connectivity index (χ4v) is 2.44. The highest BCUT2D eigenvalue weighted by molar-refractivity contribution is 5.83. The Bertz CT molecular complexity index is 1010. The molecule has 1 aromatic heterocycles. The molecule has 0 amide bonds. The minimum atomic E-state index is -0.660. The van der Waals surface area contributed by atoms with Gasteiger partial charge in [-0.2, -0.15) is 5.26 Å². The first-order valence-corrected chi connectivity index (χ1v) is 8.20. The van der Waals surface area contributed by atoms with Crippen LogP contribution in [0.2, 0.25) is 0 Å². The summed E-state index contributed by atoms with van der Waals surface area (Å²) < 4.78 is 10.4. The molecule has 136 valence electrons. The predicted molar refractivity (Wildman–Crippen MR) is 98.9 cm³/mol. The van der Waals surface area contributed by atoms with Crippen LogP contribution in [0, 0.1) is 18.3 Å². The first-order chi connectivity index (χ1) is 13.1. The molecule has 0 fully saturated rings. The van der Waals surface area contributed by atoms with Crippen molar-refractivity contribution in [2.45, 2.75) is 6.92 Å². The average Bonchev–Trinajstić information content (AvgIpc) is 3.10. The number of nitriles is 1. The number of esters is 1. The lowest BCUT2D eigenvalue weighted by atomic mass is 10.2. The van der Waals surface area contributed by atoms with Gasteiger partial charge in [0.2, 0.25) is 0 Å². The Morgan fingerprint density at radius 2 is 1.93 bits per heavy atom. The zero-order valence-electron chi connectivity index (χ0n) is 14.6. The number of H-pyrrole nitrogens is 1. The molecule has 2 N–H and O–H groups in total. The average molecular weight is 363 g/mol. The highest BCUT2D eigenvalue weighted by Gasteiger charge is 2.15. The van der Waals surface area contributed by atoms with E-state index in [4.69, 9.17) is 9.47 Å². The Morgan fingerprint density at radius 3 is 2.67 bits per heavy atom. The molecule has 1 heterocycles. The van der Waals surface area contributed by atoms with Crippen molar-refractivity contribution in [2.24, 2.45) is 0 Å². The van der Waals surface area contributed by atoms with Gasteiger partial charge in [-0.3, -0.25) is 0 Å². The van der Waals surface area contributed by atoms with Gasteiger partial charge in [0.1, 0.15) is 24.0 Å². The Labute approximate surface area is 155 Å². The van der Waals surface area contributed by atoms with Gasteiger partial charge in [-0.25, -0.2) is 9.78 Å². The van der Waals surface area contributed by atoms with Gasteiger partial charge in [-0.15, -0.1) is 0 Å². The molecule has 3 rings (SSSR count). The summed E-state index contributed by atoms with van der Waals surface area (Å²) in [5.41, 5.74) is 2.21. The number of allylic oxidation sites excluding steroid dienone is 1. The van der Waals surface area contributed by atoms with Crippen LogP contribution in [0.25, 0.3) is 16.6 Å². The number of aryl methyl sites for hydroxylation is 1. The van der Waals surface area contributed by atoms with E-state index in [2.05, 4.69) is 9.97 Å². The number of imidazole rings is 1. The van der Waals surface area contributed by atoms with Crippen LogP contribution in [-0.4, -0.2) is 34.3 Å². The summed E-state index contributed by atoms with van der Waals surface area (Å²) >= 11 is 0. The van der Waals surface area contributed by atoms with Crippen molar-refractivity contribution >= 4 is 22.6 Å². The number of rotatable bonds is 6. The molecule has 0 aliphatic rings. The van der Waals surface area contributed by atoms with Crippen LogP contribution < -0.4 is 4.74 Å².